The molecule has 6 rings (SSSR count). The van der Waals surface area contributed by atoms with Gasteiger partial charge in [-0.05, 0) is 60.4 Å². The van der Waals surface area contributed by atoms with E-state index in [0.29, 0.717) is 17.9 Å². The van der Waals surface area contributed by atoms with Gasteiger partial charge in [-0.1, -0.05) is 84.9 Å². The normalized spacial score (nSPS) is 22.8. The highest BCUT2D eigenvalue weighted by Gasteiger charge is 2.37. The molecular weight excluding hydrogens is 454 g/mol. The third kappa shape index (κ3) is 5.14. The minimum atomic E-state index is 0.119. The van der Waals surface area contributed by atoms with Gasteiger partial charge in [0.15, 0.2) is 0 Å². The lowest BCUT2D eigenvalue weighted by Crippen LogP contribution is -2.46. The number of aryl methyl sites for hydroxylation is 1. The Bertz CT molecular complexity index is 1240. The van der Waals surface area contributed by atoms with Crippen molar-refractivity contribution in [1.29, 1.82) is 0 Å². The number of hydrogen-bond acceptors (Lipinski definition) is 3. The molecule has 1 aliphatic carbocycles. The summed E-state index contributed by atoms with van der Waals surface area (Å²) in [6, 6.07) is 33.5. The zero-order chi connectivity index (χ0) is 25.0. The number of rotatable bonds is 6. The van der Waals surface area contributed by atoms with Gasteiger partial charge < -0.3 is 4.74 Å². The SMILES string of the molecule is Cc1ccccc1[C@@H]1C[C@H](N2CCOCC2)CC[C@H]1c1cc(C(c2ccccc2)c2ccccc2)n[nH]1. The van der Waals surface area contributed by atoms with E-state index in [9.17, 15) is 0 Å². The van der Waals surface area contributed by atoms with E-state index in [1.54, 1.807) is 0 Å². The zero-order valence-corrected chi connectivity index (χ0v) is 21.7. The van der Waals surface area contributed by atoms with Gasteiger partial charge in [-0.3, -0.25) is 10.00 Å². The van der Waals surface area contributed by atoms with Crippen LogP contribution < -0.4 is 0 Å². The van der Waals surface area contributed by atoms with E-state index in [1.807, 2.05) is 0 Å². The molecule has 1 aromatic heterocycles. The van der Waals surface area contributed by atoms with Crippen LogP contribution in [0.3, 0.4) is 0 Å². The first-order valence-electron chi connectivity index (χ1n) is 13.8. The van der Waals surface area contributed by atoms with Crippen LogP contribution in [0.25, 0.3) is 0 Å². The van der Waals surface area contributed by atoms with Crippen molar-refractivity contribution in [1.82, 2.24) is 15.1 Å². The van der Waals surface area contributed by atoms with E-state index in [4.69, 9.17) is 9.84 Å². The molecule has 0 radical (unpaired) electrons. The summed E-state index contributed by atoms with van der Waals surface area (Å²) in [7, 11) is 0. The molecule has 2 aliphatic rings. The molecule has 1 aliphatic heterocycles. The lowest BCUT2D eigenvalue weighted by atomic mass is 9.70. The molecule has 1 N–H and O–H groups in total. The molecule has 4 heteroatoms. The third-order valence-electron chi connectivity index (χ3n) is 8.55. The highest BCUT2D eigenvalue weighted by Crippen LogP contribution is 2.46. The second kappa shape index (κ2) is 11.0. The summed E-state index contributed by atoms with van der Waals surface area (Å²) in [4.78, 5) is 2.67. The largest absolute Gasteiger partial charge is 0.379 e. The molecule has 1 saturated heterocycles. The van der Waals surface area contributed by atoms with E-state index in [0.717, 1.165) is 32.0 Å². The Hall–Kier alpha value is -3.21. The molecule has 3 atom stereocenters. The lowest BCUT2D eigenvalue weighted by Gasteiger charge is -2.43. The molecule has 0 spiro atoms. The smallest absolute Gasteiger partial charge is 0.0743 e. The number of aromatic amines is 1. The van der Waals surface area contributed by atoms with Crippen LogP contribution in [0.4, 0.5) is 0 Å². The van der Waals surface area contributed by atoms with Crippen molar-refractivity contribution in [2.45, 2.75) is 50.0 Å². The number of hydrogen-bond donors (Lipinski definition) is 1. The van der Waals surface area contributed by atoms with Crippen molar-refractivity contribution in [2.24, 2.45) is 0 Å². The summed E-state index contributed by atoms with van der Waals surface area (Å²) in [5, 5.41) is 8.48. The Morgan fingerprint density at radius 1 is 0.811 bits per heavy atom. The van der Waals surface area contributed by atoms with Gasteiger partial charge in [0.05, 0.1) is 24.8 Å². The number of benzene rings is 3. The van der Waals surface area contributed by atoms with E-state index in [2.05, 4.69) is 108 Å². The van der Waals surface area contributed by atoms with Gasteiger partial charge in [0.25, 0.3) is 0 Å². The molecule has 37 heavy (non-hydrogen) atoms. The van der Waals surface area contributed by atoms with Crippen LogP contribution in [-0.2, 0) is 4.74 Å². The summed E-state index contributed by atoms with van der Waals surface area (Å²) >= 11 is 0. The van der Waals surface area contributed by atoms with Gasteiger partial charge in [0.2, 0.25) is 0 Å². The van der Waals surface area contributed by atoms with Crippen LogP contribution in [0.5, 0.6) is 0 Å². The van der Waals surface area contributed by atoms with Crippen LogP contribution in [0.15, 0.2) is 91.0 Å². The predicted octanol–water partition coefficient (Wildman–Crippen LogP) is 6.65. The first-order valence-corrected chi connectivity index (χ1v) is 13.8. The molecule has 3 aromatic carbocycles. The minimum absolute atomic E-state index is 0.119. The minimum Gasteiger partial charge on any atom is -0.379 e. The van der Waals surface area contributed by atoms with E-state index >= 15 is 0 Å². The fourth-order valence-corrected chi connectivity index (χ4v) is 6.66. The van der Waals surface area contributed by atoms with Crippen LogP contribution >= 0.6 is 0 Å². The Kier molecular flexibility index (Phi) is 7.20. The third-order valence-corrected chi connectivity index (χ3v) is 8.55. The summed E-state index contributed by atoms with van der Waals surface area (Å²) in [6.07, 6.45) is 3.58. The lowest BCUT2D eigenvalue weighted by molar-refractivity contribution is 0.00480. The summed E-state index contributed by atoms with van der Waals surface area (Å²) < 4.78 is 5.65. The molecule has 0 amide bonds. The summed E-state index contributed by atoms with van der Waals surface area (Å²) in [5.41, 5.74) is 7.82. The van der Waals surface area contributed by atoms with Gasteiger partial charge >= 0.3 is 0 Å². The van der Waals surface area contributed by atoms with Gasteiger partial charge in [0.1, 0.15) is 0 Å². The monoisotopic (exact) mass is 491 g/mol. The molecule has 4 nitrogen and oxygen atoms in total. The second-order valence-electron chi connectivity index (χ2n) is 10.7. The zero-order valence-electron chi connectivity index (χ0n) is 21.7. The topological polar surface area (TPSA) is 41.1 Å². The van der Waals surface area contributed by atoms with Crippen molar-refractivity contribution in [3.8, 4) is 0 Å². The van der Waals surface area contributed by atoms with Crippen molar-refractivity contribution >= 4 is 0 Å². The van der Waals surface area contributed by atoms with Crippen LogP contribution in [0, 0.1) is 6.92 Å². The second-order valence-corrected chi connectivity index (χ2v) is 10.7. The van der Waals surface area contributed by atoms with Crippen molar-refractivity contribution in [3.05, 3.63) is 125 Å². The average molecular weight is 492 g/mol. The maximum atomic E-state index is 5.65. The first kappa shape index (κ1) is 24.1. The maximum Gasteiger partial charge on any atom is 0.0743 e. The molecule has 0 unspecified atom stereocenters. The van der Waals surface area contributed by atoms with Crippen LogP contribution in [0.2, 0.25) is 0 Å². The van der Waals surface area contributed by atoms with Crippen molar-refractivity contribution in [3.63, 3.8) is 0 Å². The Balaban J connectivity index is 1.34. The molecule has 190 valence electrons. The number of nitrogens with one attached hydrogen (secondary N) is 1. The molecule has 0 bridgehead atoms. The first-order chi connectivity index (χ1) is 18.3. The van der Waals surface area contributed by atoms with E-state index in [-0.39, 0.29) is 5.92 Å². The quantitative estimate of drug-likeness (QED) is 0.328. The Labute approximate surface area is 220 Å². The number of H-pyrrole nitrogens is 1. The number of ether oxygens (including phenoxy) is 1. The van der Waals surface area contributed by atoms with E-state index < -0.39 is 0 Å². The highest BCUT2D eigenvalue weighted by molar-refractivity contribution is 5.42. The Morgan fingerprint density at radius 3 is 2.14 bits per heavy atom. The number of morpholine rings is 1. The Morgan fingerprint density at radius 2 is 1.46 bits per heavy atom. The standard InChI is InChI=1S/C33H37N3O/c1-24-10-8-9-15-28(24)30-22-27(36-18-20-37-21-19-36)16-17-29(30)31-23-32(35-34-31)33(25-11-4-2-5-12-25)26-13-6-3-7-14-26/h2-15,23,27,29-30,33H,16-22H2,1H3,(H,34,35)/t27-,29-,30+/m1/s1. The number of nitrogens with zero attached hydrogens (tertiary/aromatic N) is 2. The molecule has 2 heterocycles. The van der Waals surface area contributed by atoms with Crippen molar-refractivity contribution < 1.29 is 4.74 Å². The fourth-order valence-electron chi connectivity index (χ4n) is 6.66. The van der Waals surface area contributed by atoms with Gasteiger partial charge in [-0.15, -0.1) is 0 Å². The molecule has 1 saturated carbocycles. The summed E-state index contributed by atoms with van der Waals surface area (Å²) in [5.74, 6) is 1.03. The summed E-state index contributed by atoms with van der Waals surface area (Å²) in [6.45, 7) is 6.10. The molecule has 4 aromatic rings. The van der Waals surface area contributed by atoms with Crippen molar-refractivity contribution in [2.75, 3.05) is 26.3 Å². The molecule has 2 fully saturated rings. The van der Waals surface area contributed by atoms with Crippen LogP contribution in [0.1, 0.15) is 70.7 Å². The molecular formula is C33H37N3O. The van der Waals surface area contributed by atoms with Gasteiger partial charge in [0, 0.05) is 30.7 Å². The predicted molar refractivity (Wildman–Crippen MR) is 149 cm³/mol. The highest BCUT2D eigenvalue weighted by atomic mass is 16.5. The van der Waals surface area contributed by atoms with E-state index in [1.165, 1.54) is 47.2 Å². The number of aromatic nitrogens is 2. The van der Waals surface area contributed by atoms with Crippen LogP contribution in [-0.4, -0.2) is 47.4 Å². The van der Waals surface area contributed by atoms with Gasteiger partial charge in [-0.2, -0.15) is 5.10 Å². The average Bonchev–Trinajstić information content (AvgIpc) is 3.44. The van der Waals surface area contributed by atoms with Gasteiger partial charge in [-0.25, -0.2) is 0 Å². The fraction of sp³-hybridized carbons (Fsp3) is 0.364. The maximum absolute atomic E-state index is 5.65.